The van der Waals surface area contributed by atoms with Crippen LogP contribution in [-0.4, -0.2) is 12.6 Å². The van der Waals surface area contributed by atoms with Crippen LogP contribution in [0.5, 0.6) is 0 Å². The molecule has 0 N–H and O–H groups in total. The van der Waals surface area contributed by atoms with Crippen LogP contribution in [0.4, 0.5) is 0 Å². The van der Waals surface area contributed by atoms with Gasteiger partial charge in [0.25, 0.3) is 0 Å². The van der Waals surface area contributed by atoms with Crippen LogP contribution in [0.3, 0.4) is 0 Å². The Kier molecular flexibility index (Phi) is 13.6. The van der Waals surface area contributed by atoms with E-state index in [4.69, 9.17) is 4.74 Å². The van der Waals surface area contributed by atoms with Gasteiger partial charge in [0.15, 0.2) is 0 Å². The molecule has 0 atom stereocenters. The quantitative estimate of drug-likeness (QED) is 0.277. The Bertz CT molecular complexity index is 209. The summed E-state index contributed by atoms with van der Waals surface area (Å²) in [5, 5.41) is 0. The largest absolute Gasteiger partial charge is 0.466 e. The number of esters is 1. The molecule has 0 aromatic rings. The van der Waals surface area contributed by atoms with Crippen molar-refractivity contribution >= 4 is 5.97 Å². The van der Waals surface area contributed by atoms with Gasteiger partial charge in [-0.2, -0.15) is 0 Å². The molecule has 106 valence electrons. The van der Waals surface area contributed by atoms with E-state index in [0.717, 1.165) is 19.3 Å². The summed E-state index contributed by atoms with van der Waals surface area (Å²) < 4.78 is 4.88. The summed E-state index contributed by atoms with van der Waals surface area (Å²) in [7, 11) is 0. The fraction of sp³-hybridized carbons (Fsp3) is 0.812. The van der Waals surface area contributed by atoms with E-state index < -0.39 is 0 Å². The molecule has 0 amide bonds. The second kappa shape index (κ2) is 14.3. The minimum Gasteiger partial charge on any atom is -0.466 e. The number of allylic oxidation sites excluding steroid dienone is 2. The lowest BCUT2D eigenvalue weighted by molar-refractivity contribution is -0.143. The highest BCUT2D eigenvalue weighted by Crippen LogP contribution is 2.07. The predicted molar refractivity (Wildman–Crippen MR) is 77.6 cm³/mol. The smallest absolute Gasteiger partial charge is 0.305 e. The second-order valence-corrected chi connectivity index (χ2v) is 4.73. The maximum Gasteiger partial charge on any atom is 0.305 e. The van der Waals surface area contributed by atoms with Gasteiger partial charge in [0.05, 0.1) is 6.61 Å². The third kappa shape index (κ3) is 13.3. The molecule has 0 aromatic carbocycles. The van der Waals surface area contributed by atoms with Gasteiger partial charge < -0.3 is 4.74 Å². The van der Waals surface area contributed by atoms with Crippen molar-refractivity contribution in [3.63, 3.8) is 0 Å². The third-order valence-corrected chi connectivity index (χ3v) is 2.95. The monoisotopic (exact) mass is 254 g/mol. The Balaban J connectivity index is 3.16. The van der Waals surface area contributed by atoms with E-state index in [1.54, 1.807) is 0 Å². The first-order chi connectivity index (χ1) is 8.81. The van der Waals surface area contributed by atoms with E-state index in [-0.39, 0.29) is 5.97 Å². The molecule has 0 rings (SSSR count). The first kappa shape index (κ1) is 17.2. The molecule has 0 radical (unpaired) electrons. The molecule has 0 bridgehead atoms. The summed E-state index contributed by atoms with van der Waals surface area (Å²) >= 11 is 0. The van der Waals surface area contributed by atoms with Crippen molar-refractivity contribution in [3.8, 4) is 0 Å². The Hall–Kier alpha value is -0.790. The zero-order chi connectivity index (χ0) is 13.5. The van der Waals surface area contributed by atoms with Gasteiger partial charge in [-0.1, -0.05) is 44.8 Å². The van der Waals surface area contributed by atoms with Crippen LogP contribution in [0.25, 0.3) is 0 Å². The molecular formula is C16H30O2. The summed E-state index contributed by atoms with van der Waals surface area (Å²) in [6.45, 7) is 4.59. The summed E-state index contributed by atoms with van der Waals surface area (Å²) in [6.07, 6.45) is 16.2. The Morgan fingerprint density at radius 3 is 2.11 bits per heavy atom. The third-order valence-electron chi connectivity index (χ3n) is 2.95. The zero-order valence-corrected chi connectivity index (χ0v) is 12.2. The molecule has 0 saturated heterocycles. The summed E-state index contributed by atoms with van der Waals surface area (Å²) in [5.41, 5.74) is 0. The average molecular weight is 254 g/mol. The van der Waals surface area contributed by atoms with Crippen LogP contribution in [0.2, 0.25) is 0 Å². The van der Waals surface area contributed by atoms with Crippen molar-refractivity contribution in [1.29, 1.82) is 0 Å². The normalized spacial score (nSPS) is 11.0. The number of ether oxygens (including phenoxy) is 1. The fourth-order valence-corrected chi connectivity index (χ4v) is 1.87. The predicted octanol–water partition coefficient (Wildman–Crippen LogP) is 5.03. The van der Waals surface area contributed by atoms with Crippen molar-refractivity contribution in [3.05, 3.63) is 12.2 Å². The highest BCUT2D eigenvalue weighted by atomic mass is 16.5. The molecule has 0 aliphatic rings. The Morgan fingerprint density at radius 2 is 1.50 bits per heavy atom. The number of unbranched alkanes of at least 4 members (excludes halogenated alkanes) is 7. The van der Waals surface area contributed by atoms with Crippen molar-refractivity contribution in [2.45, 2.75) is 78.1 Å². The summed E-state index contributed by atoms with van der Waals surface area (Å²) in [5.74, 6) is -0.0580. The minimum atomic E-state index is -0.0580. The maximum absolute atomic E-state index is 11.1. The lowest BCUT2D eigenvalue weighted by atomic mass is 10.1. The standard InChI is InChI=1S/C16H30O2/c1-3-5-6-7-8-9-10-11-12-13-14-15-16(17)18-4-2/h10-11H,3-9,12-15H2,1-2H3/b11-10+. The Morgan fingerprint density at radius 1 is 0.889 bits per heavy atom. The number of carbonyl (C=O) groups is 1. The van der Waals surface area contributed by atoms with Gasteiger partial charge in [-0.15, -0.1) is 0 Å². The SMILES string of the molecule is CCCCCCC/C=C/CCCCC(=O)OCC. The first-order valence-corrected chi connectivity index (χ1v) is 7.61. The molecule has 0 spiro atoms. The molecule has 2 heteroatoms. The molecule has 0 aliphatic carbocycles. The van der Waals surface area contributed by atoms with Gasteiger partial charge >= 0.3 is 5.97 Å². The summed E-state index contributed by atoms with van der Waals surface area (Å²) in [4.78, 5) is 11.1. The molecule has 0 aromatic heterocycles. The minimum absolute atomic E-state index is 0.0580. The van der Waals surface area contributed by atoms with Crippen molar-refractivity contribution in [2.24, 2.45) is 0 Å². The van der Waals surface area contributed by atoms with Crippen LogP contribution < -0.4 is 0 Å². The number of carbonyl (C=O) groups excluding carboxylic acids is 1. The highest BCUT2D eigenvalue weighted by molar-refractivity contribution is 5.69. The van der Waals surface area contributed by atoms with Gasteiger partial charge in [0.1, 0.15) is 0 Å². The zero-order valence-electron chi connectivity index (χ0n) is 12.2. The van der Waals surface area contributed by atoms with Crippen molar-refractivity contribution in [1.82, 2.24) is 0 Å². The molecule has 2 nitrogen and oxygen atoms in total. The summed E-state index contributed by atoms with van der Waals surface area (Å²) in [6, 6.07) is 0. The highest BCUT2D eigenvalue weighted by Gasteiger charge is 1.99. The molecule has 18 heavy (non-hydrogen) atoms. The van der Waals surface area contributed by atoms with Crippen molar-refractivity contribution in [2.75, 3.05) is 6.61 Å². The molecular weight excluding hydrogens is 224 g/mol. The van der Waals surface area contributed by atoms with Gasteiger partial charge in [-0.3, -0.25) is 4.79 Å². The first-order valence-electron chi connectivity index (χ1n) is 7.61. The van der Waals surface area contributed by atoms with Crippen LogP contribution in [0, 0.1) is 0 Å². The van der Waals surface area contributed by atoms with Crippen LogP contribution >= 0.6 is 0 Å². The topological polar surface area (TPSA) is 26.3 Å². The maximum atomic E-state index is 11.1. The van der Waals surface area contributed by atoms with Crippen LogP contribution in [0.1, 0.15) is 78.1 Å². The van der Waals surface area contributed by atoms with Crippen LogP contribution in [0.15, 0.2) is 12.2 Å². The van der Waals surface area contributed by atoms with E-state index in [1.807, 2.05) is 6.92 Å². The van der Waals surface area contributed by atoms with Crippen LogP contribution in [-0.2, 0) is 9.53 Å². The van der Waals surface area contributed by atoms with E-state index in [0.29, 0.717) is 13.0 Å². The molecule has 0 heterocycles. The van der Waals surface area contributed by atoms with E-state index in [9.17, 15) is 4.79 Å². The average Bonchev–Trinajstić information content (AvgIpc) is 2.36. The molecule has 0 saturated carbocycles. The molecule has 0 unspecified atom stereocenters. The lowest BCUT2D eigenvalue weighted by Crippen LogP contribution is -2.02. The second-order valence-electron chi connectivity index (χ2n) is 4.73. The van der Waals surface area contributed by atoms with Gasteiger partial charge in [0, 0.05) is 6.42 Å². The van der Waals surface area contributed by atoms with Crippen molar-refractivity contribution < 1.29 is 9.53 Å². The number of hydrogen-bond acceptors (Lipinski definition) is 2. The van der Waals surface area contributed by atoms with Gasteiger partial charge in [-0.25, -0.2) is 0 Å². The molecule has 0 aliphatic heterocycles. The molecule has 0 fully saturated rings. The van der Waals surface area contributed by atoms with E-state index >= 15 is 0 Å². The van der Waals surface area contributed by atoms with Gasteiger partial charge in [-0.05, 0) is 39.0 Å². The van der Waals surface area contributed by atoms with Gasteiger partial charge in [0.2, 0.25) is 0 Å². The Labute approximate surface area is 113 Å². The lowest BCUT2D eigenvalue weighted by Gasteiger charge is -2.00. The van der Waals surface area contributed by atoms with E-state index in [1.165, 1.54) is 38.5 Å². The number of rotatable bonds is 12. The van der Waals surface area contributed by atoms with E-state index in [2.05, 4.69) is 19.1 Å². The fourth-order valence-electron chi connectivity index (χ4n) is 1.87. The number of hydrogen-bond donors (Lipinski definition) is 0.